The van der Waals surface area contributed by atoms with E-state index in [9.17, 15) is 31.5 Å². The zero-order valence-corrected chi connectivity index (χ0v) is 75.7. The van der Waals surface area contributed by atoms with Crippen molar-refractivity contribution >= 4 is 135 Å². The van der Waals surface area contributed by atoms with E-state index in [2.05, 4.69) is 184 Å². The number of amides is 2. The number of nitriles is 2. The molecule has 0 saturated heterocycles. The summed E-state index contributed by atoms with van der Waals surface area (Å²) in [4.78, 5) is 69.6. The number of benzene rings is 5. The number of aromatic nitrogens is 14. The molecule has 0 fully saturated rings. The summed E-state index contributed by atoms with van der Waals surface area (Å²) < 4.78 is 124. The Balaban J connectivity index is 0.000000185. The van der Waals surface area contributed by atoms with Gasteiger partial charge in [0.15, 0.2) is 23.3 Å². The first-order chi connectivity index (χ1) is 65.3. The van der Waals surface area contributed by atoms with Crippen LogP contribution < -0.4 is 21.7 Å². The molecule has 0 spiro atoms. The van der Waals surface area contributed by atoms with Crippen molar-refractivity contribution in [3.05, 3.63) is 418 Å². The van der Waals surface area contributed by atoms with E-state index in [1.165, 1.54) is 39.4 Å². The van der Waals surface area contributed by atoms with Gasteiger partial charge in [-0.15, -0.1) is 0 Å². The molecule has 684 valence electrons. The van der Waals surface area contributed by atoms with Crippen LogP contribution in [-0.2, 0) is 60.9 Å². The number of carbonyl (C=O) groups excluding carboxylic acids is 2. The minimum atomic E-state index is -1.00. The fraction of sp³-hybridized carbons (Fsp3) is 0.0612. The molecule has 2 amide bonds. The Morgan fingerprint density at radius 1 is 0.404 bits per heavy atom. The lowest BCUT2D eigenvalue weighted by molar-refractivity contribution is 0.0940. The zero-order valence-electron chi connectivity index (χ0n) is 69.5. The average Bonchev–Trinajstić information content (AvgIpc) is 1.63. The number of hydrogen-bond acceptors (Lipinski definition) is 22. The molecule has 28 nitrogen and oxygen atoms in total. The van der Waals surface area contributed by atoms with E-state index in [1.807, 2.05) is 158 Å². The van der Waals surface area contributed by atoms with Crippen LogP contribution in [0.25, 0.3) is 94.6 Å². The van der Waals surface area contributed by atoms with Gasteiger partial charge in [0.2, 0.25) is 5.95 Å². The summed E-state index contributed by atoms with van der Waals surface area (Å²) in [5.41, 5.74) is 22.4. The van der Waals surface area contributed by atoms with Crippen LogP contribution in [0.2, 0.25) is 0 Å². The molecule has 0 aliphatic rings. The molecule has 38 heteroatoms. The van der Waals surface area contributed by atoms with Crippen molar-refractivity contribution in [3.63, 3.8) is 0 Å². The first-order valence-electron chi connectivity index (χ1n) is 39.4. The van der Waals surface area contributed by atoms with Gasteiger partial charge in [0.25, 0.3) is 11.8 Å². The molecule has 5 aromatic carbocycles. The Labute approximate surface area is 807 Å². The molecule has 0 radical (unpaired) electrons. The number of hydrogen-bond donors (Lipinski definition) is 5. The second-order valence-electron chi connectivity index (χ2n) is 27.4. The number of halogens is 7. The highest BCUT2D eigenvalue weighted by atomic mass is 127. The summed E-state index contributed by atoms with van der Waals surface area (Å²) in [6, 6.07) is 78.5. The number of anilines is 1. The Hall–Kier alpha value is -16.2. The number of nitrogens with two attached hydrogens (primary N) is 1. The summed E-state index contributed by atoms with van der Waals surface area (Å²) in [6.45, 7) is 0.788. The number of H-pyrrole nitrogens is 1. The number of rotatable bonds is 16. The predicted octanol–water partition coefficient (Wildman–Crippen LogP) is 19.4. The van der Waals surface area contributed by atoms with Gasteiger partial charge in [0, 0.05) is 170 Å². The van der Waals surface area contributed by atoms with E-state index in [1.54, 1.807) is 73.7 Å². The van der Waals surface area contributed by atoms with E-state index >= 15 is 0 Å². The van der Waals surface area contributed by atoms with Crippen LogP contribution in [0, 0.1) is 55.4 Å². The summed E-state index contributed by atoms with van der Waals surface area (Å²) in [5, 5.41) is 30.1. The average molecular weight is 2060 g/mol. The van der Waals surface area contributed by atoms with Gasteiger partial charge < -0.3 is 40.4 Å². The van der Waals surface area contributed by atoms with Crippen LogP contribution in [0.4, 0.5) is 27.8 Å². The minimum absolute atomic E-state index is 0. The van der Waals surface area contributed by atoms with E-state index in [0.717, 1.165) is 129 Å². The van der Waals surface area contributed by atoms with Gasteiger partial charge in [-0.3, -0.25) is 19.6 Å². The Morgan fingerprint density at radius 3 is 1.29 bits per heavy atom. The fourth-order valence-corrected chi connectivity index (χ4v) is 14.1. The number of nitrogens with one attached hydrogen (secondary N) is 4. The third kappa shape index (κ3) is 28.4. The third-order valence-corrected chi connectivity index (χ3v) is 20.4. The van der Waals surface area contributed by atoms with Gasteiger partial charge in [-0.1, -0.05) is 97.5 Å². The standard InChI is InChI=1S/C26H20F2N6O.C19H16N4.C19H12N4.C13H9F3N2O.C13H9IN2.C6H3BrN2.2CH4.3O2S/c27-22-6-5-16(11-23(22)28)13-34-26(35)20-4-2-9-31-25(20)32-14-18-12-17(7-10-29-18)21-15-33-24-19(21)3-1-8-30-24;2*20-12-15-11-14(8-10-21-15)18-13-23(16-5-2-1-3-6-16)19-17(18)7-4-9-22-19;14-10-4-3-8(6-11(10)15)7-18-13(19)9-2-1-5-17-12(9)16;14-12-9-16(10-5-2-1-3-6-10)13-11(12)7-4-8-15-13;7-5-1-2-9-6(3-5)4-8;;;3*1-3-2/h1-12,15H,13-14H2,(H,30,33)(H,31,32)(H,34,35);1-11,13H,12,20H2;1-11,13H;1-6H,7H2,(H,18,19);1-9H;1-3H;2*1H4;;;. The molecule has 0 aliphatic heterocycles. The summed E-state index contributed by atoms with van der Waals surface area (Å²) in [5.74, 6) is -5.41. The first kappa shape index (κ1) is 103. The fourth-order valence-electron chi connectivity index (χ4n) is 13.1. The Morgan fingerprint density at radius 2 is 0.809 bits per heavy atom. The Kier molecular flexibility index (Phi) is 40.6. The minimum Gasteiger partial charge on any atom is -0.364 e. The lowest BCUT2D eigenvalue weighted by Crippen LogP contribution is -2.24. The van der Waals surface area contributed by atoms with Gasteiger partial charge in [-0.2, -0.15) is 40.2 Å². The highest BCUT2D eigenvalue weighted by molar-refractivity contribution is 14.1. The van der Waals surface area contributed by atoms with Crippen molar-refractivity contribution in [2.75, 3.05) is 5.32 Å². The summed E-state index contributed by atoms with van der Waals surface area (Å²) in [6.07, 6.45) is 25.0. The van der Waals surface area contributed by atoms with Gasteiger partial charge in [0.1, 0.15) is 51.9 Å². The van der Waals surface area contributed by atoms with Gasteiger partial charge in [-0.05, 0) is 232 Å². The first-order valence-corrected chi connectivity index (χ1v) is 43.3. The number of pyridine rings is 10. The van der Waals surface area contributed by atoms with Crippen molar-refractivity contribution in [1.29, 1.82) is 10.5 Å². The van der Waals surface area contributed by atoms with Crippen LogP contribution in [-0.4, -0.2) is 106 Å². The largest absolute Gasteiger partial charge is 0.364 e. The quantitative estimate of drug-likeness (QED) is 0.0341. The Bertz CT molecular complexity index is 7450. The van der Waals surface area contributed by atoms with Crippen molar-refractivity contribution in [3.8, 4) is 62.6 Å². The second-order valence-corrected chi connectivity index (χ2v) is 29.8. The SMILES string of the molecule is C.C.Ic1cn(-c2ccccc2)c2ncccc12.N#Cc1cc(-c2cn(-c3ccccc3)c3ncccc23)ccn1.N#Cc1cc(Br)ccn1.NCc1cc(-c2cn(-c3ccccc3)c3ncccc23)ccn1.O=C(NCc1ccc(F)c(F)c1)c1cccnc1F.O=C(NCc1ccc(F)c(F)c1)c1cccnc1NCc1cc(-c2c[nH]c3ncccc23)ccn1.O=S=O.O=S=O.O=S=O. The maximum absolute atomic E-state index is 13.4. The van der Waals surface area contributed by atoms with Crippen molar-refractivity contribution in [2.45, 2.75) is 41.0 Å². The van der Waals surface area contributed by atoms with Crippen LogP contribution in [0.1, 0.15) is 69.5 Å². The molecular formula is C98H77BrF5IN20O8S3. The van der Waals surface area contributed by atoms with Crippen molar-refractivity contribution in [1.82, 2.24) is 79.2 Å². The molecular weight excluding hydrogens is 1980 g/mol. The second kappa shape index (κ2) is 53.3. The molecule has 0 aliphatic carbocycles. The number of aromatic amines is 1. The zero-order chi connectivity index (χ0) is 95.1. The van der Waals surface area contributed by atoms with Crippen molar-refractivity contribution < 1.29 is 56.8 Å². The molecule has 0 atom stereocenters. The molecule has 0 saturated carbocycles. The number of nitrogens with zero attached hydrogens (tertiary/aromatic N) is 15. The lowest BCUT2D eigenvalue weighted by Gasteiger charge is -2.12. The third-order valence-electron chi connectivity index (χ3n) is 19.0. The molecule has 14 aromatic heterocycles. The van der Waals surface area contributed by atoms with E-state index < -0.39 is 75.7 Å². The highest BCUT2D eigenvalue weighted by Gasteiger charge is 2.19. The summed E-state index contributed by atoms with van der Waals surface area (Å²) in [7, 11) is 0. The maximum Gasteiger partial charge on any atom is 0.335 e. The number of carbonyl (C=O) groups is 2. The van der Waals surface area contributed by atoms with Gasteiger partial charge >= 0.3 is 34.7 Å². The van der Waals surface area contributed by atoms with Crippen molar-refractivity contribution in [2.24, 2.45) is 5.73 Å². The normalized spacial score (nSPS) is 9.99. The van der Waals surface area contributed by atoms with Gasteiger partial charge in [0.05, 0.1) is 29.1 Å². The molecule has 19 aromatic rings. The molecule has 6 N–H and O–H groups in total. The van der Waals surface area contributed by atoms with E-state index in [0.29, 0.717) is 47.0 Å². The highest BCUT2D eigenvalue weighted by Crippen LogP contribution is 2.35. The smallest absolute Gasteiger partial charge is 0.335 e. The lowest BCUT2D eigenvalue weighted by atomic mass is 10.1. The topological polar surface area (TPSA) is 406 Å². The summed E-state index contributed by atoms with van der Waals surface area (Å²) >= 11 is 3.31. The van der Waals surface area contributed by atoms with E-state index in [-0.39, 0.29) is 33.5 Å². The van der Waals surface area contributed by atoms with Gasteiger partial charge in [-0.25, -0.2) is 57.4 Å². The van der Waals surface area contributed by atoms with E-state index in [4.69, 9.17) is 41.5 Å². The molecule has 19 rings (SSSR count). The van der Waals surface area contributed by atoms with Crippen LogP contribution >= 0.6 is 38.5 Å². The predicted molar refractivity (Wildman–Crippen MR) is 522 cm³/mol. The molecule has 0 unspecified atom stereocenters. The number of fused-ring (bicyclic) bond motifs is 4. The monoisotopic (exact) mass is 2060 g/mol. The molecule has 0 bridgehead atoms. The molecule has 14 heterocycles. The molecule has 136 heavy (non-hydrogen) atoms. The maximum atomic E-state index is 13.4. The number of para-hydroxylation sites is 3. The van der Waals surface area contributed by atoms with Crippen LogP contribution in [0.5, 0.6) is 0 Å². The van der Waals surface area contributed by atoms with Crippen LogP contribution in [0.3, 0.4) is 0 Å². The van der Waals surface area contributed by atoms with Crippen LogP contribution in [0.15, 0.2) is 340 Å².